The van der Waals surface area contributed by atoms with E-state index in [0.29, 0.717) is 25.2 Å². The lowest BCUT2D eigenvalue weighted by atomic mass is 10.0. The van der Waals surface area contributed by atoms with E-state index in [2.05, 4.69) is 28.8 Å². The first kappa shape index (κ1) is 18.2. The van der Waals surface area contributed by atoms with Gasteiger partial charge in [-0.2, -0.15) is 0 Å². The largest absolute Gasteiger partial charge is 0.393 e. The van der Waals surface area contributed by atoms with E-state index in [1.165, 1.54) is 0 Å². The molecule has 8 nitrogen and oxygen atoms in total. The quantitative estimate of drug-likeness (QED) is 0.785. The maximum atomic E-state index is 11.2. The molecule has 2 aromatic heterocycles. The molecule has 0 saturated heterocycles. The molecule has 0 amide bonds. The Hall–Kier alpha value is -1.58. The van der Waals surface area contributed by atoms with Gasteiger partial charge in [-0.1, -0.05) is 13.8 Å². The standard InChI is InChI=1S/C16H25N5O3S/c1-10(2)5-13-15-16(19-8-18-13)21(9-20-15)12-6-11(14(22)7-12)3-4-25(17,23)24/h8-12,14,22H,3-7H2,1-2H3,(H2,17,23,24)/t11-,12+,14-/m0/s1. The number of fused-ring (bicyclic) bond motifs is 1. The monoisotopic (exact) mass is 367 g/mol. The van der Waals surface area contributed by atoms with Crippen molar-refractivity contribution in [2.45, 2.75) is 51.7 Å². The van der Waals surface area contributed by atoms with Crippen molar-refractivity contribution in [3.05, 3.63) is 18.3 Å². The fourth-order valence-corrected chi connectivity index (χ4v) is 4.26. The van der Waals surface area contributed by atoms with Gasteiger partial charge in [-0.3, -0.25) is 0 Å². The van der Waals surface area contributed by atoms with E-state index in [9.17, 15) is 13.5 Å². The van der Waals surface area contributed by atoms with Crippen LogP contribution in [0.15, 0.2) is 12.7 Å². The van der Waals surface area contributed by atoms with Crippen LogP contribution >= 0.6 is 0 Å². The van der Waals surface area contributed by atoms with E-state index in [1.54, 1.807) is 12.7 Å². The van der Waals surface area contributed by atoms with Gasteiger partial charge in [0.1, 0.15) is 11.8 Å². The molecule has 1 aliphatic rings. The molecule has 3 rings (SSSR count). The molecule has 1 aliphatic carbocycles. The van der Waals surface area contributed by atoms with Gasteiger partial charge in [0, 0.05) is 6.04 Å². The Balaban J connectivity index is 1.81. The van der Waals surface area contributed by atoms with E-state index in [0.717, 1.165) is 23.3 Å². The van der Waals surface area contributed by atoms with Gasteiger partial charge >= 0.3 is 0 Å². The molecular weight excluding hydrogens is 342 g/mol. The van der Waals surface area contributed by atoms with Crippen molar-refractivity contribution in [2.24, 2.45) is 17.0 Å². The van der Waals surface area contributed by atoms with Crippen LogP contribution < -0.4 is 5.14 Å². The van der Waals surface area contributed by atoms with Crippen LogP contribution in [-0.4, -0.2) is 44.9 Å². The molecule has 0 bridgehead atoms. The summed E-state index contributed by atoms with van der Waals surface area (Å²) < 4.78 is 24.3. The van der Waals surface area contributed by atoms with E-state index in [4.69, 9.17) is 5.14 Å². The highest BCUT2D eigenvalue weighted by atomic mass is 32.2. The Labute approximate surface area is 147 Å². The SMILES string of the molecule is CC(C)Cc1ncnc2c1ncn2[C@@H]1C[C@H](CCS(N)(=O)=O)[C@@H](O)C1. The number of imidazole rings is 1. The fraction of sp³-hybridized carbons (Fsp3) is 0.688. The Morgan fingerprint density at radius 1 is 1.32 bits per heavy atom. The molecule has 0 spiro atoms. The van der Waals surface area contributed by atoms with Crippen LogP contribution in [-0.2, 0) is 16.4 Å². The molecule has 1 fully saturated rings. The highest BCUT2D eigenvalue weighted by Gasteiger charge is 2.35. The molecule has 3 atom stereocenters. The number of hydrogen-bond donors (Lipinski definition) is 2. The topological polar surface area (TPSA) is 124 Å². The maximum Gasteiger partial charge on any atom is 0.209 e. The third-order valence-corrected chi connectivity index (χ3v) is 5.64. The molecular formula is C16H25N5O3S. The lowest BCUT2D eigenvalue weighted by molar-refractivity contribution is 0.129. The minimum atomic E-state index is -3.51. The number of hydrogen-bond acceptors (Lipinski definition) is 6. The van der Waals surface area contributed by atoms with Crippen LogP contribution in [0.3, 0.4) is 0 Å². The minimum Gasteiger partial charge on any atom is -0.393 e. The van der Waals surface area contributed by atoms with Crippen molar-refractivity contribution in [2.75, 3.05) is 5.75 Å². The molecule has 2 heterocycles. The van der Waals surface area contributed by atoms with Crippen molar-refractivity contribution in [3.63, 3.8) is 0 Å². The van der Waals surface area contributed by atoms with Crippen molar-refractivity contribution in [1.82, 2.24) is 19.5 Å². The molecule has 0 radical (unpaired) electrons. The van der Waals surface area contributed by atoms with E-state index < -0.39 is 16.1 Å². The summed E-state index contributed by atoms with van der Waals surface area (Å²) in [7, 11) is -3.51. The summed E-state index contributed by atoms with van der Waals surface area (Å²) in [6.45, 7) is 4.27. The smallest absolute Gasteiger partial charge is 0.209 e. The van der Waals surface area contributed by atoms with Crippen LogP contribution in [0.25, 0.3) is 11.2 Å². The second-order valence-corrected chi connectivity index (χ2v) is 9.08. The first-order valence-electron chi connectivity index (χ1n) is 8.59. The van der Waals surface area contributed by atoms with Gasteiger partial charge in [-0.25, -0.2) is 28.5 Å². The molecule has 2 aromatic rings. The Kier molecular flexibility index (Phi) is 5.08. The lowest BCUT2D eigenvalue weighted by Crippen LogP contribution is -2.22. The lowest BCUT2D eigenvalue weighted by Gasteiger charge is -2.13. The molecule has 0 aliphatic heterocycles. The highest BCUT2D eigenvalue weighted by Crippen LogP contribution is 2.38. The van der Waals surface area contributed by atoms with E-state index in [-0.39, 0.29) is 17.7 Å². The van der Waals surface area contributed by atoms with E-state index >= 15 is 0 Å². The second kappa shape index (κ2) is 6.97. The summed E-state index contributed by atoms with van der Waals surface area (Å²) in [5.74, 6) is 0.282. The Bertz CT molecular complexity index is 849. The first-order valence-corrected chi connectivity index (χ1v) is 10.3. The number of sulfonamides is 1. The van der Waals surface area contributed by atoms with Gasteiger partial charge in [0.2, 0.25) is 10.0 Å². The Morgan fingerprint density at radius 3 is 2.76 bits per heavy atom. The molecule has 0 aromatic carbocycles. The summed E-state index contributed by atoms with van der Waals surface area (Å²) in [6, 6.07) is 0.0484. The third kappa shape index (κ3) is 4.16. The van der Waals surface area contributed by atoms with Crippen molar-refractivity contribution in [3.8, 4) is 0 Å². The average Bonchev–Trinajstić information content (AvgIpc) is 3.08. The van der Waals surface area contributed by atoms with Gasteiger partial charge in [0.25, 0.3) is 0 Å². The maximum absolute atomic E-state index is 11.2. The van der Waals surface area contributed by atoms with Crippen LogP contribution in [0.1, 0.15) is 44.8 Å². The van der Waals surface area contributed by atoms with E-state index in [1.807, 2.05) is 4.57 Å². The van der Waals surface area contributed by atoms with Crippen molar-refractivity contribution < 1.29 is 13.5 Å². The summed E-state index contributed by atoms with van der Waals surface area (Å²) >= 11 is 0. The normalized spacial score (nSPS) is 24.4. The van der Waals surface area contributed by atoms with Crippen LogP contribution in [0, 0.1) is 11.8 Å². The number of nitrogens with two attached hydrogens (primary N) is 1. The number of aliphatic hydroxyl groups excluding tert-OH is 1. The van der Waals surface area contributed by atoms with Gasteiger partial charge in [-0.15, -0.1) is 0 Å². The van der Waals surface area contributed by atoms with Gasteiger partial charge in [-0.05, 0) is 37.5 Å². The number of aliphatic hydroxyl groups is 1. The number of primary sulfonamides is 1. The Morgan fingerprint density at radius 2 is 2.08 bits per heavy atom. The molecule has 3 N–H and O–H groups in total. The minimum absolute atomic E-state index is 0.0484. The number of rotatable bonds is 6. The number of aromatic nitrogens is 4. The molecule has 0 unspecified atom stereocenters. The zero-order chi connectivity index (χ0) is 18.2. The van der Waals surface area contributed by atoms with Gasteiger partial charge < -0.3 is 9.67 Å². The molecule has 9 heteroatoms. The molecule has 1 saturated carbocycles. The summed E-state index contributed by atoms with van der Waals surface area (Å²) in [6.07, 6.45) is 5.22. The summed E-state index contributed by atoms with van der Waals surface area (Å²) in [5.41, 5.74) is 2.51. The number of nitrogens with zero attached hydrogens (tertiary/aromatic N) is 4. The van der Waals surface area contributed by atoms with Crippen LogP contribution in [0.2, 0.25) is 0 Å². The van der Waals surface area contributed by atoms with Crippen molar-refractivity contribution in [1.29, 1.82) is 0 Å². The predicted octanol–water partition coefficient (Wildman–Crippen LogP) is 1.02. The van der Waals surface area contributed by atoms with Crippen LogP contribution in [0.4, 0.5) is 0 Å². The zero-order valence-electron chi connectivity index (χ0n) is 14.5. The zero-order valence-corrected chi connectivity index (χ0v) is 15.4. The van der Waals surface area contributed by atoms with Crippen molar-refractivity contribution >= 4 is 21.2 Å². The van der Waals surface area contributed by atoms with Gasteiger partial charge in [0.15, 0.2) is 5.65 Å². The highest BCUT2D eigenvalue weighted by molar-refractivity contribution is 7.89. The van der Waals surface area contributed by atoms with Gasteiger partial charge in [0.05, 0.1) is 23.9 Å². The predicted molar refractivity (Wildman–Crippen MR) is 94.2 cm³/mol. The summed E-state index contributed by atoms with van der Waals surface area (Å²) in [4.78, 5) is 13.2. The first-order chi connectivity index (χ1) is 11.7. The third-order valence-electron chi connectivity index (χ3n) is 4.84. The summed E-state index contributed by atoms with van der Waals surface area (Å²) in [5, 5.41) is 15.4. The van der Waals surface area contributed by atoms with Crippen LogP contribution in [0.5, 0.6) is 0 Å². The molecule has 138 valence electrons. The average molecular weight is 367 g/mol. The molecule has 25 heavy (non-hydrogen) atoms. The second-order valence-electron chi connectivity index (χ2n) is 7.35. The fourth-order valence-electron chi connectivity index (χ4n) is 3.63.